The molecular weight excluding hydrogens is 381 g/mol. The van der Waals surface area contributed by atoms with Crippen molar-refractivity contribution in [3.05, 3.63) is 57.6 Å². The predicted molar refractivity (Wildman–Crippen MR) is 99.6 cm³/mol. The molecule has 0 unspecified atom stereocenters. The van der Waals surface area contributed by atoms with E-state index < -0.39 is 15.8 Å². The normalized spacial score (nSPS) is 12.0. The van der Waals surface area contributed by atoms with Crippen molar-refractivity contribution in [3.8, 4) is 0 Å². The second-order valence-electron chi connectivity index (χ2n) is 6.36. The SMILES string of the molecule is CC(C)Cn1[nH]c(=O)c2cc(NS(=O)(=O)c3ccc(F)c(Cl)c3)ccc21. The lowest BCUT2D eigenvalue weighted by Crippen LogP contribution is -2.13. The Balaban J connectivity index is 1.97. The Morgan fingerprint density at radius 1 is 1.23 bits per heavy atom. The third kappa shape index (κ3) is 3.61. The van der Waals surface area contributed by atoms with E-state index in [1.807, 2.05) is 13.8 Å². The van der Waals surface area contributed by atoms with Crippen LogP contribution in [0.4, 0.5) is 10.1 Å². The molecule has 1 heterocycles. The molecule has 26 heavy (non-hydrogen) atoms. The summed E-state index contributed by atoms with van der Waals surface area (Å²) < 4.78 is 42.3. The summed E-state index contributed by atoms with van der Waals surface area (Å²) in [5.74, 6) is -0.368. The first-order chi connectivity index (χ1) is 12.2. The van der Waals surface area contributed by atoms with Crippen molar-refractivity contribution < 1.29 is 12.8 Å². The highest BCUT2D eigenvalue weighted by Crippen LogP contribution is 2.23. The topological polar surface area (TPSA) is 84.0 Å². The van der Waals surface area contributed by atoms with Crippen molar-refractivity contribution in [3.63, 3.8) is 0 Å². The largest absolute Gasteiger partial charge is 0.284 e. The average Bonchev–Trinajstić information content (AvgIpc) is 2.84. The second kappa shape index (κ2) is 6.77. The van der Waals surface area contributed by atoms with Crippen molar-refractivity contribution in [1.82, 2.24) is 9.78 Å². The predicted octanol–water partition coefficient (Wildman–Crippen LogP) is 3.58. The molecule has 2 N–H and O–H groups in total. The van der Waals surface area contributed by atoms with Gasteiger partial charge in [-0.3, -0.25) is 19.3 Å². The summed E-state index contributed by atoms with van der Waals surface area (Å²) in [6, 6.07) is 7.84. The van der Waals surface area contributed by atoms with Crippen molar-refractivity contribution in [2.75, 3.05) is 4.72 Å². The van der Waals surface area contributed by atoms with Crippen molar-refractivity contribution in [2.24, 2.45) is 5.92 Å². The minimum Gasteiger partial charge on any atom is -0.284 e. The Hall–Kier alpha value is -2.32. The van der Waals surface area contributed by atoms with Gasteiger partial charge in [0, 0.05) is 12.2 Å². The summed E-state index contributed by atoms with van der Waals surface area (Å²) in [4.78, 5) is 12.0. The number of aromatic amines is 1. The molecule has 1 aromatic heterocycles. The third-order valence-electron chi connectivity index (χ3n) is 3.77. The van der Waals surface area contributed by atoms with Gasteiger partial charge in [0.2, 0.25) is 0 Å². The number of fused-ring (bicyclic) bond motifs is 1. The van der Waals surface area contributed by atoms with Crippen LogP contribution in [0, 0.1) is 11.7 Å². The molecule has 9 heteroatoms. The van der Waals surface area contributed by atoms with Gasteiger partial charge in [0.1, 0.15) is 5.82 Å². The van der Waals surface area contributed by atoms with Crippen molar-refractivity contribution in [2.45, 2.75) is 25.3 Å². The van der Waals surface area contributed by atoms with Crippen LogP contribution in [0.5, 0.6) is 0 Å². The number of benzene rings is 2. The average molecular weight is 398 g/mol. The Kier molecular flexibility index (Phi) is 4.81. The van der Waals surface area contributed by atoms with Crippen LogP contribution in [-0.4, -0.2) is 18.2 Å². The molecular formula is C17H17ClFN3O3S. The number of nitrogens with zero attached hydrogens (tertiary/aromatic N) is 1. The molecule has 0 fully saturated rings. The van der Waals surface area contributed by atoms with Gasteiger partial charge in [0.05, 0.1) is 20.8 Å². The maximum Gasteiger partial charge on any atom is 0.272 e. The van der Waals surface area contributed by atoms with Gasteiger partial charge in [-0.25, -0.2) is 12.8 Å². The van der Waals surface area contributed by atoms with Crippen LogP contribution in [0.25, 0.3) is 10.9 Å². The summed E-state index contributed by atoms with van der Waals surface area (Å²) in [5, 5.41) is 2.84. The molecule has 0 spiro atoms. The lowest BCUT2D eigenvalue weighted by atomic mass is 10.2. The number of hydrogen-bond acceptors (Lipinski definition) is 3. The fourth-order valence-corrected chi connectivity index (χ4v) is 3.95. The first-order valence-electron chi connectivity index (χ1n) is 7.88. The number of anilines is 1. The number of sulfonamides is 1. The van der Waals surface area contributed by atoms with Crippen molar-refractivity contribution >= 4 is 38.2 Å². The number of rotatable bonds is 5. The van der Waals surface area contributed by atoms with Gasteiger partial charge in [0.25, 0.3) is 15.6 Å². The molecule has 3 rings (SSSR count). The number of hydrogen-bond donors (Lipinski definition) is 2. The van der Waals surface area contributed by atoms with E-state index in [-0.39, 0.29) is 21.2 Å². The lowest BCUT2D eigenvalue weighted by molar-refractivity contribution is 0.492. The van der Waals surface area contributed by atoms with Gasteiger partial charge < -0.3 is 0 Å². The van der Waals surface area contributed by atoms with Gasteiger partial charge in [-0.2, -0.15) is 0 Å². The molecule has 0 atom stereocenters. The maximum absolute atomic E-state index is 13.2. The van der Waals surface area contributed by atoms with Gasteiger partial charge in [-0.15, -0.1) is 0 Å². The van der Waals surface area contributed by atoms with E-state index in [0.717, 1.165) is 18.2 Å². The summed E-state index contributed by atoms with van der Waals surface area (Å²) in [5.41, 5.74) is 0.619. The summed E-state index contributed by atoms with van der Waals surface area (Å²) >= 11 is 5.65. The molecule has 0 radical (unpaired) electrons. The molecule has 0 bridgehead atoms. The Bertz CT molecular complexity index is 1140. The van der Waals surface area contributed by atoms with E-state index in [4.69, 9.17) is 11.6 Å². The lowest BCUT2D eigenvalue weighted by Gasteiger charge is -2.10. The first kappa shape index (κ1) is 18.5. The van der Waals surface area contributed by atoms with E-state index in [2.05, 4.69) is 9.82 Å². The molecule has 0 aliphatic rings. The molecule has 3 aromatic rings. The van der Waals surface area contributed by atoms with Gasteiger partial charge >= 0.3 is 0 Å². The molecule has 138 valence electrons. The third-order valence-corrected chi connectivity index (χ3v) is 5.44. The standard InChI is InChI=1S/C17H17ClFN3O3S/c1-10(2)9-22-16-6-3-11(7-13(16)17(23)20-22)21-26(24,25)12-4-5-15(19)14(18)8-12/h3-8,10,21H,9H2,1-2H3,(H,20,23). The van der Waals surface area contributed by atoms with Crippen LogP contribution in [0.2, 0.25) is 5.02 Å². The molecule has 0 saturated heterocycles. The van der Waals surface area contributed by atoms with Crippen LogP contribution < -0.4 is 10.3 Å². The fraction of sp³-hybridized carbons (Fsp3) is 0.235. The molecule has 6 nitrogen and oxygen atoms in total. The molecule has 0 aliphatic carbocycles. The zero-order valence-electron chi connectivity index (χ0n) is 14.1. The highest BCUT2D eigenvalue weighted by Gasteiger charge is 2.17. The van der Waals surface area contributed by atoms with Crippen molar-refractivity contribution in [1.29, 1.82) is 0 Å². The zero-order chi connectivity index (χ0) is 19.1. The molecule has 2 aromatic carbocycles. The monoisotopic (exact) mass is 397 g/mol. The van der Waals surface area contributed by atoms with E-state index in [1.165, 1.54) is 6.07 Å². The minimum atomic E-state index is -3.97. The molecule has 0 aliphatic heterocycles. The summed E-state index contributed by atoms with van der Waals surface area (Å²) in [7, 11) is -3.97. The van der Waals surface area contributed by atoms with E-state index in [1.54, 1.807) is 16.8 Å². The molecule has 0 saturated carbocycles. The Labute approximate surface area is 154 Å². The summed E-state index contributed by atoms with van der Waals surface area (Å²) in [6.45, 7) is 4.69. The quantitative estimate of drug-likeness (QED) is 0.690. The van der Waals surface area contributed by atoms with E-state index in [0.29, 0.717) is 23.4 Å². The van der Waals surface area contributed by atoms with Crippen LogP contribution in [0.15, 0.2) is 46.1 Å². The number of aromatic nitrogens is 2. The number of nitrogens with one attached hydrogen (secondary N) is 2. The van der Waals surface area contributed by atoms with Crippen LogP contribution >= 0.6 is 11.6 Å². The van der Waals surface area contributed by atoms with Crippen LogP contribution in [0.1, 0.15) is 13.8 Å². The maximum atomic E-state index is 13.2. The zero-order valence-corrected chi connectivity index (χ0v) is 15.7. The minimum absolute atomic E-state index is 0.171. The van der Waals surface area contributed by atoms with E-state index in [9.17, 15) is 17.6 Å². The highest BCUT2D eigenvalue weighted by atomic mass is 35.5. The van der Waals surface area contributed by atoms with Crippen LogP contribution in [0.3, 0.4) is 0 Å². The van der Waals surface area contributed by atoms with Gasteiger partial charge in [0.15, 0.2) is 0 Å². The highest BCUT2D eigenvalue weighted by molar-refractivity contribution is 7.92. The van der Waals surface area contributed by atoms with Gasteiger partial charge in [-0.05, 0) is 42.3 Å². The second-order valence-corrected chi connectivity index (χ2v) is 8.45. The smallest absolute Gasteiger partial charge is 0.272 e. The van der Waals surface area contributed by atoms with Crippen LogP contribution in [-0.2, 0) is 16.6 Å². The number of H-pyrrole nitrogens is 1. The first-order valence-corrected chi connectivity index (χ1v) is 9.74. The Morgan fingerprint density at radius 3 is 2.62 bits per heavy atom. The Morgan fingerprint density at radius 2 is 1.96 bits per heavy atom. The van der Waals surface area contributed by atoms with Gasteiger partial charge in [-0.1, -0.05) is 25.4 Å². The number of halogens is 2. The fourth-order valence-electron chi connectivity index (χ4n) is 2.63. The summed E-state index contributed by atoms with van der Waals surface area (Å²) in [6.07, 6.45) is 0. The molecule has 0 amide bonds. The van der Waals surface area contributed by atoms with E-state index >= 15 is 0 Å².